The van der Waals surface area contributed by atoms with Crippen LogP contribution in [-0.2, 0) is 19.1 Å². The fourth-order valence-electron chi connectivity index (χ4n) is 2.62. The highest BCUT2D eigenvalue weighted by Crippen LogP contribution is 2.35. The first kappa shape index (κ1) is 23.9. The Morgan fingerprint density at radius 2 is 1.12 bits per heavy atom. The summed E-state index contributed by atoms with van der Waals surface area (Å²) in [6.07, 6.45) is 6.18. The number of ether oxygens (including phenoxy) is 2. The molecule has 0 rings (SSSR count). The van der Waals surface area contributed by atoms with Gasteiger partial charge in [0.2, 0.25) is 0 Å². The van der Waals surface area contributed by atoms with E-state index in [4.69, 9.17) is 9.47 Å². The molecule has 0 bridgehead atoms. The standard InChI is InChI=1S/C21H40O4/c1-7-9-13-21(14-10-8-2,19(22)24-15-11-17(3)4)20(23)25-16-12-18(5)6/h17-18H,7-16H2,1-6H3. The van der Waals surface area contributed by atoms with Crippen molar-refractivity contribution in [3.8, 4) is 0 Å². The second-order valence-corrected chi connectivity index (χ2v) is 7.93. The number of hydrogen-bond donors (Lipinski definition) is 0. The predicted molar refractivity (Wildman–Crippen MR) is 102 cm³/mol. The Hall–Kier alpha value is -1.06. The van der Waals surface area contributed by atoms with Crippen molar-refractivity contribution in [2.24, 2.45) is 17.3 Å². The second kappa shape index (κ2) is 13.2. The van der Waals surface area contributed by atoms with E-state index in [1.807, 2.05) is 0 Å². The molecular formula is C21H40O4. The third kappa shape index (κ3) is 9.27. The van der Waals surface area contributed by atoms with Gasteiger partial charge in [-0.3, -0.25) is 9.59 Å². The summed E-state index contributed by atoms with van der Waals surface area (Å²) in [6.45, 7) is 13.2. The minimum Gasteiger partial charge on any atom is -0.465 e. The predicted octanol–water partition coefficient (Wildman–Crippen LogP) is 5.53. The first-order valence-corrected chi connectivity index (χ1v) is 10.1. The van der Waals surface area contributed by atoms with Crippen LogP contribution in [0.5, 0.6) is 0 Å². The molecule has 0 N–H and O–H groups in total. The van der Waals surface area contributed by atoms with Crippen LogP contribution in [-0.4, -0.2) is 25.2 Å². The molecule has 0 aliphatic heterocycles. The van der Waals surface area contributed by atoms with E-state index in [1.54, 1.807) is 0 Å². The number of rotatable bonds is 14. The molecule has 25 heavy (non-hydrogen) atoms. The third-order valence-electron chi connectivity index (χ3n) is 4.55. The van der Waals surface area contributed by atoms with E-state index in [0.717, 1.165) is 38.5 Å². The first-order chi connectivity index (χ1) is 11.8. The summed E-state index contributed by atoms with van der Waals surface area (Å²) in [5, 5.41) is 0. The van der Waals surface area contributed by atoms with Crippen molar-refractivity contribution in [1.29, 1.82) is 0 Å². The molecular weight excluding hydrogens is 316 g/mol. The van der Waals surface area contributed by atoms with E-state index in [-0.39, 0.29) is 11.9 Å². The number of carbonyl (C=O) groups excluding carboxylic acids is 2. The van der Waals surface area contributed by atoms with Gasteiger partial charge in [-0.05, 0) is 37.5 Å². The van der Waals surface area contributed by atoms with Gasteiger partial charge < -0.3 is 9.47 Å². The molecule has 0 unspecified atom stereocenters. The Labute approximate surface area is 155 Å². The zero-order chi connectivity index (χ0) is 19.3. The summed E-state index contributed by atoms with van der Waals surface area (Å²) in [5.41, 5.74) is -1.13. The Balaban J connectivity index is 5.17. The molecule has 0 aliphatic rings. The molecule has 0 saturated carbocycles. The van der Waals surface area contributed by atoms with Gasteiger partial charge in [0.25, 0.3) is 0 Å². The summed E-state index contributed by atoms with van der Waals surface area (Å²) in [7, 11) is 0. The van der Waals surface area contributed by atoms with Crippen molar-refractivity contribution in [3.63, 3.8) is 0 Å². The highest BCUT2D eigenvalue weighted by molar-refractivity contribution is 6.00. The normalized spacial score (nSPS) is 11.8. The van der Waals surface area contributed by atoms with Gasteiger partial charge in [-0.15, -0.1) is 0 Å². The van der Waals surface area contributed by atoms with Crippen LogP contribution in [0.3, 0.4) is 0 Å². The van der Waals surface area contributed by atoms with Crippen LogP contribution >= 0.6 is 0 Å². The maximum absolute atomic E-state index is 12.9. The number of esters is 2. The second-order valence-electron chi connectivity index (χ2n) is 7.93. The van der Waals surface area contributed by atoms with Crippen molar-refractivity contribution in [1.82, 2.24) is 0 Å². The summed E-state index contributed by atoms with van der Waals surface area (Å²) in [5.74, 6) is 0.159. The smallest absolute Gasteiger partial charge is 0.323 e. The van der Waals surface area contributed by atoms with E-state index in [0.29, 0.717) is 37.9 Å². The van der Waals surface area contributed by atoms with Crippen LogP contribution in [0.25, 0.3) is 0 Å². The minimum atomic E-state index is -1.13. The average molecular weight is 357 g/mol. The van der Waals surface area contributed by atoms with Crippen LogP contribution in [0.4, 0.5) is 0 Å². The van der Waals surface area contributed by atoms with Crippen molar-refractivity contribution in [3.05, 3.63) is 0 Å². The van der Waals surface area contributed by atoms with Crippen molar-refractivity contribution < 1.29 is 19.1 Å². The molecule has 4 nitrogen and oxygen atoms in total. The Bertz CT molecular complexity index is 338. The Morgan fingerprint density at radius 3 is 1.40 bits per heavy atom. The fourth-order valence-corrected chi connectivity index (χ4v) is 2.62. The lowest BCUT2D eigenvalue weighted by molar-refractivity contribution is -0.174. The Kier molecular flexibility index (Phi) is 12.6. The quantitative estimate of drug-likeness (QED) is 0.303. The average Bonchev–Trinajstić information content (AvgIpc) is 2.54. The zero-order valence-electron chi connectivity index (χ0n) is 17.4. The largest absolute Gasteiger partial charge is 0.465 e. The molecule has 148 valence electrons. The van der Waals surface area contributed by atoms with Crippen LogP contribution in [0.2, 0.25) is 0 Å². The van der Waals surface area contributed by atoms with Gasteiger partial charge in [-0.2, -0.15) is 0 Å². The lowest BCUT2D eigenvalue weighted by Gasteiger charge is -2.29. The Morgan fingerprint density at radius 1 is 0.760 bits per heavy atom. The topological polar surface area (TPSA) is 52.6 Å². The van der Waals surface area contributed by atoms with Gasteiger partial charge in [0.05, 0.1) is 13.2 Å². The molecule has 0 radical (unpaired) electrons. The molecule has 4 heteroatoms. The van der Waals surface area contributed by atoms with Crippen molar-refractivity contribution in [2.45, 2.75) is 92.9 Å². The molecule has 0 atom stereocenters. The number of carbonyl (C=O) groups is 2. The van der Waals surface area contributed by atoms with Crippen LogP contribution in [0, 0.1) is 17.3 Å². The van der Waals surface area contributed by atoms with Gasteiger partial charge in [0.15, 0.2) is 5.41 Å². The summed E-state index contributed by atoms with van der Waals surface area (Å²) in [4.78, 5) is 25.7. The van der Waals surface area contributed by atoms with Gasteiger partial charge >= 0.3 is 11.9 Å². The number of unbranched alkanes of at least 4 members (excludes halogenated alkanes) is 2. The van der Waals surface area contributed by atoms with Crippen molar-refractivity contribution >= 4 is 11.9 Å². The lowest BCUT2D eigenvalue weighted by Crippen LogP contribution is -2.42. The molecule has 0 amide bonds. The van der Waals surface area contributed by atoms with E-state index in [1.165, 1.54) is 0 Å². The van der Waals surface area contributed by atoms with Gasteiger partial charge in [0.1, 0.15) is 0 Å². The molecule has 0 aromatic rings. The van der Waals surface area contributed by atoms with E-state index >= 15 is 0 Å². The van der Waals surface area contributed by atoms with E-state index < -0.39 is 5.41 Å². The lowest BCUT2D eigenvalue weighted by atomic mass is 9.78. The molecule has 0 heterocycles. The molecule has 0 aromatic carbocycles. The highest BCUT2D eigenvalue weighted by Gasteiger charge is 2.47. The summed E-state index contributed by atoms with van der Waals surface area (Å²) in [6, 6.07) is 0. The van der Waals surface area contributed by atoms with Crippen LogP contribution in [0.1, 0.15) is 92.9 Å². The van der Waals surface area contributed by atoms with Gasteiger partial charge in [0, 0.05) is 0 Å². The van der Waals surface area contributed by atoms with Crippen LogP contribution < -0.4 is 0 Å². The molecule has 0 aliphatic carbocycles. The SMILES string of the molecule is CCCCC(CCCC)(C(=O)OCCC(C)C)C(=O)OCCC(C)C. The van der Waals surface area contributed by atoms with Gasteiger partial charge in [-0.1, -0.05) is 67.2 Å². The molecule has 0 aromatic heterocycles. The molecule has 0 saturated heterocycles. The van der Waals surface area contributed by atoms with Gasteiger partial charge in [-0.25, -0.2) is 0 Å². The zero-order valence-corrected chi connectivity index (χ0v) is 17.4. The van der Waals surface area contributed by atoms with E-state index in [9.17, 15) is 9.59 Å². The van der Waals surface area contributed by atoms with Crippen molar-refractivity contribution in [2.75, 3.05) is 13.2 Å². The molecule has 0 fully saturated rings. The molecule has 0 spiro atoms. The van der Waals surface area contributed by atoms with E-state index in [2.05, 4.69) is 41.5 Å². The number of hydrogen-bond acceptors (Lipinski definition) is 4. The minimum absolute atomic E-state index is 0.371. The van der Waals surface area contributed by atoms with Crippen LogP contribution in [0.15, 0.2) is 0 Å². The maximum atomic E-state index is 12.9. The summed E-state index contributed by atoms with van der Waals surface area (Å²) < 4.78 is 11.0. The fraction of sp³-hybridized carbons (Fsp3) is 0.905. The highest BCUT2D eigenvalue weighted by atomic mass is 16.6. The monoisotopic (exact) mass is 356 g/mol. The summed E-state index contributed by atoms with van der Waals surface area (Å²) >= 11 is 0. The maximum Gasteiger partial charge on any atom is 0.323 e. The third-order valence-corrected chi connectivity index (χ3v) is 4.55. The first-order valence-electron chi connectivity index (χ1n) is 10.1.